The summed E-state index contributed by atoms with van der Waals surface area (Å²) in [5.74, 6) is 1.00. The second-order valence-electron chi connectivity index (χ2n) is 5.76. The molecule has 27 heavy (non-hydrogen) atoms. The molecule has 0 spiro atoms. The van der Waals surface area contributed by atoms with E-state index in [0.717, 1.165) is 0 Å². The van der Waals surface area contributed by atoms with Gasteiger partial charge in [-0.25, -0.2) is 0 Å². The predicted molar refractivity (Wildman–Crippen MR) is 102 cm³/mol. The molecule has 0 aliphatic carbocycles. The van der Waals surface area contributed by atoms with Crippen molar-refractivity contribution >= 4 is 46.2 Å². The number of nitrogens with zero attached hydrogens (tertiary/aromatic N) is 4. The average Bonchev–Trinajstić information content (AvgIpc) is 3.40. The van der Waals surface area contributed by atoms with Gasteiger partial charge in [-0.05, 0) is 12.1 Å². The Hall–Kier alpha value is -2.61. The first kappa shape index (κ1) is 17.8. The van der Waals surface area contributed by atoms with E-state index in [-0.39, 0.29) is 24.0 Å². The Kier molecular flexibility index (Phi) is 4.98. The highest BCUT2D eigenvalue weighted by atomic mass is 32.2. The molecular weight excluding hydrogens is 388 g/mol. The minimum Gasteiger partial charge on any atom is -0.467 e. The fraction of sp³-hybridized carbons (Fsp3) is 0.294. The third kappa shape index (κ3) is 3.62. The van der Waals surface area contributed by atoms with E-state index in [1.807, 2.05) is 11.0 Å². The number of anilines is 1. The van der Waals surface area contributed by atoms with E-state index >= 15 is 0 Å². The first-order valence-corrected chi connectivity index (χ1v) is 9.39. The average molecular weight is 402 g/mol. The van der Waals surface area contributed by atoms with Crippen LogP contribution >= 0.6 is 24.0 Å². The van der Waals surface area contributed by atoms with Gasteiger partial charge in [0.1, 0.15) is 16.2 Å². The number of aromatic nitrogens is 1. The Balaban J connectivity index is 1.56. The van der Waals surface area contributed by atoms with Crippen LogP contribution < -0.4 is 4.90 Å². The number of thioether (sulfide) groups is 1. The van der Waals surface area contributed by atoms with E-state index in [1.165, 1.54) is 22.7 Å². The summed E-state index contributed by atoms with van der Waals surface area (Å²) in [4.78, 5) is 20.6. The summed E-state index contributed by atoms with van der Waals surface area (Å²) >= 11 is 6.47. The molecule has 4 rings (SSSR count). The number of ether oxygens (including phenoxy) is 1. The van der Waals surface area contributed by atoms with Gasteiger partial charge in [-0.15, -0.1) is 0 Å². The molecule has 2 aromatic heterocycles. The van der Waals surface area contributed by atoms with Crippen molar-refractivity contribution in [2.24, 2.45) is 0 Å². The highest BCUT2D eigenvalue weighted by Crippen LogP contribution is 2.34. The molecule has 4 heterocycles. The van der Waals surface area contributed by atoms with Crippen LogP contribution in [0.2, 0.25) is 0 Å². The molecule has 0 radical (unpaired) electrons. The lowest BCUT2D eigenvalue weighted by Gasteiger charge is -2.25. The molecule has 0 saturated carbocycles. The van der Waals surface area contributed by atoms with Gasteiger partial charge < -0.3 is 18.5 Å². The van der Waals surface area contributed by atoms with E-state index < -0.39 is 0 Å². The molecule has 2 aromatic rings. The van der Waals surface area contributed by atoms with Crippen LogP contribution in [0.4, 0.5) is 5.88 Å². The fourth-order valence-electron chi connectivity index (χ4n) is 2.75. The Morgan fingerprint density at radius 2 is 2.22 bits per heavy atom. The second kappa shape index (κ2) is 7.56. The van der Waals surface area contributed by atoms with Crippen LogP contribution in [-0.4, -0.2) is 46.4 Å². The number of carbonyl (C=O) groups is 1. The maximum Gasteiger partial charge on any atom is 0.266 e. The second-order valence-corrected chi connectivity index (χ2v) is 7.44. The molecule has 0 atom stereocenters. The molecule has 0 unspecified atom stereocenters. The van der Waals surface area contributed by atoms with Gasteiger partial charge in [0, 0.05) is 19.2 Å². The maximum absolute atomic E-state index is 12.7. The van der Waals surface area contributed by atoms with Crippen LogP contribution in [0.1, 0.15) is 17.3 Å². The van der Waals surface area contributed by atoms with E-state index in [4.69, 9.17) is 25.8 Å². The summed E-state index contributed by atoms with van der Waals surface area (Å²) in [6.45, 7) is 2.63. The molecule has 2 saturated heterocycles. The van der Waals surface area contributed by atoms with Crippen molar-refractivity contribution in [1.29, 1.82) is 5.26 Å². The summed E-state index contributed by atoms with van der Waals surface area (Å²) in [5.41, 5.74) is 0.189. The molecular formula is C17H14N4O4S2. The third-order valence-electron chi connectivity index (χ3n) is 4.05. The van der Waals surface area contributed by atoms with Crippen LogP contribution in [0.15, 0.2) is 32.1 Å². The molecule has 2 fully saturated rings. The summed E-state index contributed by atoms with van der Waals surface area (Å²) < 4.78 is 16.8. The number of furan rings is 1. The Labute approximate surface area is 164 Å². The van der Waals surface area contributed by atoms with Gasteiger partial charge in [0.05, 0.1) is 30.9 Å². The zero-order valence-electron chi connectivity index (χ0n) is 14.1. The van der Waals surface area contributed by atoms with Gasteiger partial charge in [-0.2, -0.15) is 10.2 Å². The molecule has 0 bridgehead atoms. The quantitative estimate of drug-likeness (QED) is 0.564. The van der Waals surface area contributed by atoms with Crippen LogP contribution in [0.5, 0.6) is 0 Å². The van der Waals surface area contributed by atoms with E-state index in [2.05, 4.69) is 4.98 Å². The SMILES string of the molecule is N#Cc1nc(C=C2SC(=S)N(Cc3ccco3)C2=O)oc1N1CCOCC1. The predicted octanol–water partition coefficient (Wildman–Crippen LogP) is 2.38. The fourth-order valence-corrected chi connectivity index (χ4v) is 3.97. The van der Waals surface area contributed by atoms with Gasteiger partial charge in [0.15, 0.2) is 0 Å². The van der Waals surface area contributed by atoms with Crippen molar-refractivity contribution in [1.82, 2.24) is 9.88 Å². The minimum atomic E-state index is -0.244. The number of hydrogen-bond acceptors (Lipinski definition) is 9. The largest absolute Gasteiger partial charge is 0.467 e. The van der Waals surface area contributed by atoms with Crippen LogP contribution in [0.25, 0.3) is 6.08 Å². The van der Waals surface area contributed by atoms with E-state index in [1.54, 1.807) is 18.4 Å². The summed E-state index contributed by atoms with van der Waals surface area (Å²) in [6.07, 6.45) is 3.07. The van der Waals surface area contributed by atoms with Crippen molar-refractivity contribution < 1.29 is 18.4 Å². The zero-order chi connectivity index (χ0) is 18.8. The van der Waals surface area contributed by atoms with Gasteiger partial charge in [-0.3, -0.25) is 9.69 Å². The van der Waals surface area contributed by atoms with Gasteiger partial charge >= 0.3 is 0 Å². The van der Waals surface area contributed by atoms with Gasteiger partial charge in [0.25, 0.3) is 5.91 Å². The normalized spacial score (nSPS) is 19.1. The summed E-state index contributed by atoms with van der Waals surface area (Å²) in [7, 11) is 0. The molecule has 138 valence electrons. The van der Waals surface area contributed by atoms with Crippen molar-refractivity contribution in [3.63, 3.8) is 0 Å². The number of amides is 1. The molecule has 2 aliphatic rings. The Bertz CT molecular complexity index is 939. The number of rotatable bonds is 4. The lowest BCUT2D eigenvalue weighted by Crippen LogP contribution is -2.36. The van der Waals surface area contributed by atoms with Crippen LogP contribution in [0.3, 0.4) is 0 Å². The number of thiocarbonyl (C=S) groups is 1. The third-order valence-corrected chi connectivity index (χ3v) is 5.43. The Morgan fingerprint density at radius 1 is 1.41 bits per heavy atom. The summed E-state index contributed by atoms with van der Waals surface area (Å²) in [5, 5.41) is 9.34. The van der Waals surface area contributed by atoms with Crippen LogP contribution in [-0.2, 0) is 16.1 Å². The Morgan fingerprint density at radius 3 is 2.93 bits per heavy atom. The molecule has 8 nitrogen and oxygen atoms in total. The van der Waals surface area contributed by atoms with E-state index in [0.29, 0.717) is 47.2 Å². The van der Waals surface area contributed by atoms with Gasteiger partial charge in [-0.1, -0.05) is 24.0 Å². The first-order valence-electron chi connectivity index (χ1n) is 8.17. The molecule has 0 aromatic carbocycles. The van der Waals surface area contributed by atoms with Gasteiger partial charge in [0.2, 0.25) is 17.5 Å². The highest BCUT2D eigenvalue weighted by Gasteiger charge is 2.33. The topological polar surface area (TPSA) is 95.7 Å². The first-order chi connectivity index (χ1) is 13.2. The van der Waals surface area contributed by atoms with E-state index in [9.17, 15) is 10.1 Å². The standard InChI is InChI=1S/C17H14N4O4S2/c18-9-12-16(20-3-6-23-7-4-20)25-14(19-12)8-13-15(22)21(17(26)27-13)10-11-2-1-5-24-11/h1-2,5,8H,3-4,6-7,10H2. The van der Waals surface area contributed by atoms with Crippen LogP contribution in [0, 0.1) is 11.3 Å². The van der Waals surface area contributed by atoms with Crippen molar-refractivity contribution in [2.75, 3.05) is 31.2 Å². The zero-order valence-corrected chi connectivity index (χ0v) is 15.7. The molecule has 10 heteroatoms. The molecule has 0 N–H and O–H groups in total. The summed E-state index contributed by atoms with van der Waals surface area (Å²) in [6, 6.07) is 5.58. The minimum absolute atomic E-state index is 0.189. The van der Waals surface area contributed by atoms with Crippen molar-refractivity contribution in [3.05, 3.63) is 40.6 Å². The monoisotopic (exact) mass is 402 g/mol. The number of carbonyl (C=O) groups excluding carboxylic acids is 1. The molecule has 2 aliphatic heterocycles. The number of morpholine rings is 1. The molecule has 1 amide bonds. The number of nitriles is 1. The number of hydrogen-bond donors (Lipinski definition) is 0. The number of oxazole rings is 1. The smallest absolute Gasteiger partial charge is 0.266 e. The highest BCUT2D eigenvalue weighted by molar-refractivity contribution is 8.26. The maximum atomic E-state index is 12.7. The van der Waals surface area contributed by atoms with Crippen molar-refractivity contribution in [2.45, 2.75) is 6.54 Å². The lowest BCUT2D eigenvalue weighted by atomic mass is 10.3. The lowest BCUT2D eigenvalue weighted by molar-refractivity contribution is -0.122. The van der Waals surface area contributed by atoms with Crippen molar-refractivity contribution in [3.8, 4) is 6.07 Å².